The summed E-state index contributed by atoms with van der Waals surface area (Å²) in [5.41, 5.74) is -1.28. The first kappa shape index (κ1) is 21.6. The number of hydrogen-bond acceptors (Lipinski definition) is 4. The quantitative estimate of drug-likeness (QED) is 0.701. The molecule has 0 aliphatic heterocycles. The van der Waals surface area contributed by atoms with E-state index >= 15 is 0 Å². The first-order valence-corrected chi connectivity index (χ1v) is 9.16. The molecular weight excluding hydrogens is 393 g/mol. The van der Waals surface area contributed by atoms with Crippen LogP contribution in [0.3, 0.4) is 0 Å². The van der Waals surface area contributed by atoms with Gasteiger partial charge >= 0.3 is 6.18 Å². The Hall–Kier alpha value is -2.68. The summed E-state index contributed by atoms with van der Waals surface area (Å²) in [7, 11) is 2.98. The van der Waals surface area contributed by atoms with Crippen LogP contribution in [0.25, 0.3) is 0 Å². The van der Waals surface area contributed by atoms with Crippen molar-refractivity contribution in [3.8, 4) is 5.75 Å². The van der Waals surface area contributed by atoms with E-state index in [9.17, 15) is 22.8 Å². The normalized spacial score (nSPS) is 11.0. The molecule has 0 atom stereocenters. The Bertz CT molecular complexity index is 826. The molecule has 0 bridgehead atoms. The zero-order chi connectivity index (χ0) is 20.7. The number of ether oxygens (including phenoxy) is 1. The predicted octanol–water partition coefficient (Wildman–Crippen LogP) is 3.90. The molecule has 2 aromatic rings. The Morgan fingerprint density at radius 1 is 1.11 bits per heavy atom. The second-order valence-corrected chi connectivity index (χ2v) is 6.85. The Morgan fingerprint density at radius 2 is 1.75 bits per heavy atom. The fourth-order valence-corrected chi connectivity index (χ4v) is 3.10. The number of nitrogens with one attached hydrogen (secondary N) is 1. The van der Waals surface area contributed by atoms with Gasteiger partial charge in [0.05, 0.1) is 30.7 Å². The number of alkyl halides is 3. The monoisotopic (exact) mass is 412 g/mol. The molecule has 0 unspecified atom stereocenters. The number of nitrogens with zero attached hydrogens (tertiary/aromatic N) is 1. The molecule has 5 nitrogen and oxygen atoms in total. The summed E-state index contributed by atoms with van der Waals surface area (Å²) in [5.74, 6) is -0.236. The van der Waals surface area contributed by atoms with E-state index in [1.807, 2.05) is 0 Å². The van der Waals surface area contributed by atoms with Crippen molar-refractivity contribution < 1.29 is 27.5 Å². The molecule has 0 aliphatic carbocycles. The molecule has 1 N–H and O–H groups in total. The summed E-state index contributed by atoms with van der Waals surface area (Å²) in [5, 5.41) is 2.22. The smallest absolute Gasteiger partial charge is 0.418 e. The standard InChI is InChI=1S/C19H19F3N2O3S/c1-24(18(26)12-28-14-9-7-13(27-2)8-10-14)11-17(25)23-16-6-4-3-5-15(16)19(20,21)22/h3-10H,11-12H2,1-2H3,(H,23,25). The van der Waals surface area contributed by atoms with Gasteiger partial charge in [0.25, 0.3) is 0 Å². The molecule has 150 valence electrons. The Balaban J connectivity index is 1.88. The first-order chi connectivity index (χ1) is 13.2. The maximum absolute atomic E-state index is 13.0. The summed E-state index contributed by atoms with van der Waals surface area (Å²) >= 11 is 1.29. The van der Waals surface area contributed by atoms with Gasteiger partial charge in [0.1, 0.15) is 5.75 Å². The van der Waals surface area contributed by atoms with E-state index in [4.69, 9.17) is 4.74 Å². The summed E-state index contributed by atoms with van der Waals surface area (Å²) in [4.78, 5) is 26.3. The minimum atomic E-state index is -4.58. The number of hydrogen-bond donors (Lipinski definition) is 1. The van der Waals surface area contributed by atoms with Gasteiger partial charge in [-0.05, 0) is 36.4 Å². The van der Waals surface area contributed by atoms with Gasteiger partial charge in [-0.2, -0.15) is 13.2 Å². The molecule has 0 aromatic heterocycles. The predicted molar refractivity (Wildman–Crippen MR) is 101 cm³/mol. The number of methoxy groups -OCH3 is 1. The molecule has 2 amide bonds. The zero-order valence-corrected chi connectivity index (χ0v) is 16.1. The van der Waals surface area contributed by atoms with Crippen LogP contribution in [-0.4, -0.2) is 43.2 Å². The number of carbonyl (C=O) groups excluding carboxylic acids is 2. The van der Waals surface area contributed by atoms with E-state index in [1.54, 1.807) is 31.4 Å². The van der Waals surface area contributed by atoms with Crippen LogP contribution in [0.4, 0.5) is 18.9 Å². The summed E-state index contributed by atoms with van der Waals surface area (Å²) in [6.45, 7) is -0.353. The fourth-order valence-electron chi connectivity index (χ4n) is 2.26. The number of carbonyl (C=O) groups is 2. The van der Waals surface area contributed by atoms with E-state index in [2.05, 4.69) is 5.32 Å². The molecule has 0 fully saturated rings. The lowest BCUT2D eigenvalue weighted by Gasteiger charge is -2.18. The van der Waals surface area contributed by atoms with Crippen molar-refractivity contribution in [1.82, 2.24) is 4.90 Å². The van der Waals surface area contributed by atoms with Crippen LogP contribution in [0, 0.1) is 0 Å². The van der Waals surface area contributed by atoms with E-state index < -0.39 is 17.6 Å². The highest BCUT2D eigenvalue weighted by atomic mass is 32.2. The van der Waals surface area contributed by atoms with Gasteiger partial charge in [0, 0.05) is 11.9 Å². The molecule has 9 heteroatoms. The number of para-hydroxylation sites is 1. The van der Waals surface area contributed by atoms with Gasteiger partial charge in [-0.15, -0.1) is 11.8 Å². The molecule has 0 saturated heterocycles. The average molecular weight is 412 g/mol. The van der Waals surface area contributed by atoms with Crippen LogP contribution in [0.1, 0.15) is 5.56 Å². The average Bonchev–Trinajstić information content (AvgIpc) is 2.65. The molecule has 0 spiro atoms. The van der Waals surface area contributed by atoms with Crippen molar-refractivity contribution in [2.45, 2.75) is 11.1 Å². The number of amides is 2. The van der Waals surface area contributed by atoms with Crippen molar-refractivity contribution in [3.63, 3.8) is 0 Å². The van der Waals surface area contributed by atoms with Crippen molar-refractivity contribution in [2.24, 2.45) is 0 Å². The number of rotatable bonds is 7. The van der Waals surface area contributed by atoms with Gasteiger partial charge < -0.3 is 15.0 Å². The molecule has 2 rings (SSSR count). The summed E-state index contributed by atoms with van der Waals surface area (Å²) < 4.78 is 44.0. The third-order valence-electron chi connectivity index (χ3n) is 3.73. The van der Waals surface area contributed by atoms with Gasteiger partial charge in [-0.1, -0.05) is 12.1 Å². The van der Waals surface area contributed by atoms with Crippen LogP contribution >= 0.6 is 11.8 Å². The van der Waals surface area contributed by atoms with Gasteiger partial charge in [0.15, 0.2) is 0 Å². The summed E-state index contributed by atoms with van der Waals surface area (Å²) in [6.07, 6.45) is -4.58. The van der Waals surface area contributed by atoms with E-state index in [1.165, 1.54) is 41.9 Å². The van der Waals surface area contributed by atoms with Crippen LogP contribution in [-0.2, 0) is 15.8 Å². The molecule has 0 saturated carbocycles. The van der Waals surface area contributed by atoms with E-state index in [-0.39, 0.29) is 23.9 Å². The topological polar surface area (TPSA) is 58.6 Å². The van der Waals surface area contributed by atoms with Crippen LogP contribution in [0.15, 0.2) is 53.4 Å². The number of anilines is 1. The third kappa shape index (κ3) is 6.19. The minimum absolute atomic E-state index is 0.0925. The Labute approximate surface area is 164 Å². The molecule has 0 heterocycles. The minimum Gasteiger partial charge on any atom is -0.497 e. The highest BCUT2D eigenvalue weighted by molar-refractivity contribution is 8.00. The maximum Gasteiger partial charge on any atom is 0.418 e. The SMILES string of the molecule is COc1ccc(SCC(=O)N(C)CC(=O)Nc2ccccc2C(F)(F)F)cc1. The second-order valence-electron chi connectivity index (χ2n) is 5.81. The largest absolute Gasteiger partial charge is 0.497 e. The lowest BCUT2D eigenvalue weighted by molar-refractivity contribution is -0.137. The number of halogens is 3. The number of benzene rings is 2. The molecule has 0 radical (unpaired) electrons. The highest BCUT2D eigenvalue weighted by Gasteiger charge is 2.33. The van der Waals surface area contributed by atoms with Crippen molar-refractivity contribution in [1.29, 1.82) is 0 Å². The Kier molecular flexibility index (Phi) is 7.33. The van der Waals surface area contributed by atoms with Gasteiger partial charge in [-0.3, -0.25) is 9.59 Å². The Morgan fingerprint density at radius 3 is 2.36 bits per heavy atom. The molecule has 0 aliphatic rings. The fraction of sp³-hybridized carbons (Fsp3) is 0.263. The van der Waals surface area contributed by atoms with Crippen LogP contribution in [0.5, 0.6) is 5.75 Å². The van der Waals surface area contributed by atoms with Crippen LogP contribution < -0.4 is 10.1 Å². The molecule has 2 aromatic carbocycles. The first-order valence-electron chi connectivity index (χ1n) is 8.17. The lowest BCUT2D eigenvalue weighted by Crippen LogP contribution is -2.36. The lowest BCUT2D eigenvalue weighted by atomic mass is 10.1. The van der Waals surface area contributed by atoms with Gasteiger partial charge in [-0.25, -0.2) is 0 Å². The number of likely N-dealkylation sites (N-methyl/N-ethyl adjacent to an activating group) is 1. The second kappa shape index (κ2) is 9.50. The van der Waals surface area contributed by atoms with E-state index in [0.717, 1.165) is 11.0 Å². The number of thioether (sulfide) groups is 1. The molecule has 28 heavy (non-hydrogen) atoms. The maximum atomic E-state index is 13.0. The zero-order valence-electron chi connectivity index (χ0n) is 15.2. The van der Waals surface area contributed by atoms with Crippen molar-refractivity contribution in [2.75, 3.05) is 31.8 Å². The van der Waals surface area contributed by atoms with E-state index in [0.29, 0.717) is 5.75 Å². The summed E-state index contributed by atoms with van der Waals surface area (Å²) in [6, 6.07) is 11.8. The molecular formula is C19H19F3N2O3S. The third-order valence-corrected chi connectivity index (χ3v) is 4.73. The van der Waals surface area contributed by atoms with Gasteiger partial charge in [0.2, 0.25) is 11.8 Å². The van der Waals surface area contributed by atoms with Crippen molar-refractivity contribution >= 4 is 29.3 Å². The van der Waals surface area contributed by atoms with Crippen LogP contribution in [0.2, 0.25) is 0 Å². The highest BCUT2D eigenvalue weighted by Crippen LogP contribution is 2.34. The van der Waals surface area contributed by atoms with Crippen molar-refractivity contribution in [3.05, 3.63) is 54.1 Å².